The molecule has 33 heavy (non-hydrogen) atoms. The van der Waals surface area contributed by atoms with Crippen molar-refractivity contribution < 1.29 is 9.59 Å². The second-order valence-corrected chi connectivity index (χ2v) is 7.82. The van der Waals surface area contributed by atoms with Gasteiger partial charge in [-0.15, -0.1) is 0 Å². The van der Waals surface area contributed by atoms with Gasteiger partial charge in [-0.3, -0.25) is 14.3 Å². The van der Waals surface area contributed by atoms with E-state index in [1.807, 2.05) is 60.3 Å². The van der Waals surface area contributed by atoms with Gasteiger partial charge in [0.25, 0.3) is 5.91 Å². The van der Waals surface area contributed by atoms with Gasteiger partial charge in [-0.25, -0.2) is 4.68 Å². The Morgan fingerprint density at radius 2 is 1.91 bits per heavy atom. The fourth-order valence-electron chi connectivity index (χ4n) is 3.51. The molecule has 0 aliphatic rings. The largest absolute Gasteiger partial charge is 0.352 e. The third kappa shape index (κ3) is 6.16. The van der Waals surface area contributed by atoms with Crippen LogP contribution in [0.15, 0.2) is 79.4 Å². The van der Waals surface area contributed by atoms with Gasteiger partial charge in [-0.1, -0.05) is 35.9 Å². The molecule has 0 saturated carbocycles. The van der Waals surface area contributed by atoms with E-state index < -0.39 is 0 Å². The number of carbonyl (C=O) groups is 2. The lowest BCUT2D eigenvalue weighted by Gasteiger charge is -2.07. The quantitative estimate of drug-likeness (QED) is 0.389. The van der Waals surface area contributed by atoms with Crippen molar-refractivity contribution in [1.29, 1.82) is 0 Å². The molecule has 8 heteroatoms. The minimum Gasteiger partial charge on any atom is -0.352 e. The predicted molar refractivity (Wildman–Crippen MR) is 126 cm³/mol. The van der Waals surface area contributed by atoms with Gasteiger partial charge in [0.15, 0.2) is 0 Å². The SMILES string of the molecule is Cc1cccc(CC(=O)Nc2cnn(-c3cccc(C(=O)NCCCn4cccn4)c3)c2)c1. The smallest absolute Gasteiger partial charge is 0.251 e. The number of hydrogen-bond acceptors (Lipinski definition) is 4. The summed E-state index contributed by atoms with van der Waals surface area (Å²) in [6, 6.07) is 17.0. The average Bonchev–Trinajstić information content (AvgIpc) is 3.49. The summed E-state index contributed by atoms with van der Waals surface area (Å²) < 4.78 is 3.47. The summed E-state index contributed by atoms with van der Waals surface area (Å²) in [7, 11) is 0. The molecule has 2 N–H and O–H groups in total. The lowest BCUT2D eigenvalue weighted by molar-refractivity contribution is -0.115. The molecule has 4 aromatic rings. The predicted octanol–water partition coefficient (Wildman–Crippen LogP) is 3.38. The molecule has 2 aromatic carbocycles. The van der Waals surface area contributed by atoms with Crippen molar-refractivity contribution in [3.05, 3.63) is 96.1 Å². The first-order chi connectivity index (χ1) is 16.1. The Labute approximate surface area is 192 Å². The molecular weight excluding hydrogens is 416 g/mol. The van der Waals surface area contributed by atoms with Crippen LogP contribution in [-0.2, 0) is 17.8 Å². The fraction of sp³-hybridized carbons (Fsp3) is 0.200. The van der Waals surface area contributed by atoms with Crippen molar-refractivity contribution in [1.82, 2.24) is 24.9 Å². The van der Waals surface area contributed by atoms with Crippen LogP contribution in [0.1, 0.15) is 27.9 Å². The monoisotopic (exact) mass is 442 g/mol. The third-order valence-corrected chi connectivity index (χ3v) is 5.10. The molecule has 0 aliphatic carbocycles. The standard InChI is InChI=1S/C25H26N6O2/c1-19-6-2-7-20(14-19)15-24(32)29-22-17-28-31(18-22)23-9-3-8-21(16-23)25(33)26-10-4-12-30-13-5-11-27-30/h2-3,5-9,11,13-14,16-18H,4,10,12,15H2,1H3,(H,26,33)(H,29,32). The van der Waals surface area contributed by atoms with Gasteiger partial charge < -0.3 is 10.6 Å². The molecule has 2 amide bonds. The Balaban J connectivity index is 1.32. The maximum Gasteiger partial charge on any atom is 0.251 e. The van der Waals surface area contributed by atoms with E-state index in [4.69, 9.17) is 0 Å². The van der Waals surface area contributed by atoms with Gasteiger partial charge in [0.2, 0.25) is 5.91 Å². The summed E-state index contributed by atoms with van der Waals surface area (Å²) in [6.07, 6.45) is 8.04. The Morgan fingerprint density at radius 3 is 2.73 bits per heavy atom. The number of aromatic nitrogens is 4. The minimum atomic E-state index is -0.142. The van der Waals surface area contributed by atoms with E-state index in [9.17, 15) is 9.59 Å². The van der Waals surface area contributed by atoms with Crippen molar-refractivity contribution in [3.63, 3.8) is 0 Å². The summed E-state index contributed by atoms with van der Waals surface area (Å²) in [4.78, 5) is 24.9. The molecule has 2 heterocycles. The van der Waals surface area contributed by atoms with Crippen LogP contribution in [0.3, 0.4) is 0 Å². The highest BCUT2D eigenvalue weighted by Crippen LogP contribution is 2.14. The fourth-order valence-corrected chi connectivity index (χ4v) is 3.51. The molecule has 0 unspecified atom stereocenters. The van der Waals surface area contributed by atoms with Gasteiger partial charge in [-0.05, 0) is 43.2 Å². The number of nitrogens with one attached hydrogen (secondary N) is 2. The number of amides is 2. The Morgan fingerprint density at radius 1 is 1.03 bits per heavy atom. The van der Waals surface area contributed by atoms with Crippen molar-refractivity contribution >= 4 is 17.5 Å². The van der Waals surface area contributed by atoms with Crippen LogP contribution in [0.4, 0.5) is 5.69 Å². The van der Waals surface area contributed by atoms with Gasteiger partial charge in [0.1, 0.15) is 0 Å². The van der Waals surface area contributed by atoms with Gasteiger partial charge >= 0.3 is 0 Å². The molecule has 8 nitrogen and oxygen atoms in total. The van der Waals surface area contributed by atoms with E-state index in [-0.39, 0.29) is 11.8 Å². The first kappa shape index (κ1) is 22.0. The zero-order valence-corrected chi connectivity index (χ0v) is 18.4. The molecule has 0 atom stereocenters. The van der Waals surface area contributed by atoms with E-state index >= 15 is 0 Å². The van der Waals surface area contributed by atoms with Crippen molar-refractivity contribution in [2.24, 2.45) is 0 Å². The summed E-state index contributed by atoms with van der Waals surface area (Å²) in [5.41, 5.74) is 3.96. The summed E-state index contributed by atoms with van der Waals surface area (Å²) in [5.74, 6) is -0.250. The Hall–Kier alpha value is -4.20. The van der Waals surface area contributed by atoms with Crippen LogP contribution >= 0.6 is 0 Å². The number of hydrogen-bond donors (Lipinski definition) is 2. The van der Waals surface area contributed by atoms with Gasteiger partial charge in [0.05, 0.1) is 30.2 Å². The van der Waals surface area contributed by atoms with Crippen LogP contribution in [0, 0.1) is 6.92 Å². The topological polar surface area (TPSA) is 93.8 Å². The molecule has 0 fully saturated rings. The highest BCUT2D eigenvalue weighted by Gasteiger charge is 2.10. The lowest BCUT2D eigenvalue weighted by atomic mass is 10.1. The summed E-state index contributed by atoms with van der Waals surface area (Å²) in [5, 5.41) is 14.3. The van der Waals surface area contributed by atoms with Crippen LogP contribution in [0.25, 0.3) is 5.69 Å². The average molecular weight is 443 g/mol. The maximum absolute atomic E-state index is 12.5. The number of benzene rings is 2. The normalized spacial score (nSPS) is 10.7. The van der Waals surface area contributed by atoms with Crippen LogP contribution in [0.5, 0.6) is 0 Å². The van der Waals surface area contributed by atoms with E-state index in [1.165, 1.54) is 0 Å². The van der Waals surface area contributed by atoms with Crippen LogP contribution in [-0.4, -0.2) is 37.9 Å². The van der Waals surface area contributed by atoms with Crippen molar-refractivity contribution in [2.45, 2.75) is 26.3 Å². The number of nitrogens with zero attached hydrogens (tertiary/aromatic N) is 4. The van der Waals surface area contributed by atoms with Crippen LogP contribution in [0.2, 0.25) is 0 Å². The highest BCUT2D eigenvalue weighted by molar-refractivity contribution is 5.94. The van der Waals surface area contributed by atoms with E-state index in [1.54, 1.807) is 35.4 Å². The minimum absolute atomic E-state index is 0.108. The second-order valence-electron chi connectivity index (χ2n) is 7.82. The maximum atomic E-state index is 12.5. The molecular formula is C25H26N6O2. The van der Waals surface area contributed by atoms with Gasteiger partial charge in [-0.2, -0.15) is 10.2 Å². The van der Waals surface area contributed by atoms with E-state index in [2.05, 4.69) is 20.8 Å². The van der Waals surface area contributed by atoms with E-state index in [0.29, 0.717) is 24.2 Å². The van der Waals surface area contributed by atoms with Gasteiger partial charge in [0, 0.05) is 31.0 Å². The number of anilines is 1. The van der Waals surface area contributed by atoms with E-state index in [0.717, 1.165) is 29.8 Å². The molecule has 0 radical (unpaired) electrons. The highest BCUT2D eigenvalue weighted by atomic mass is 16.2. The molecule has 0 spiro atoms. The molecule has 4 rings (SSSR count). The summed E-state index contributed by atoms with van der Waals surface area (Å²) >= 11 is 0. The molecule has 168 valence electrons. The second kappa shape index (κ2) is 10.4. The lowest BCUT2D eigenvalue weighted by Crippen LogP contribution is -2.25. The first-order valence-corrected chi connectivity index (χ1v) is 10.8. The zero-order valence-electron chi connectivity index (χ0n) is 18.4. The molecule has 0 saturated heterocycles. The van der Waals surface area contributed by atoms with Crippen molar-refractivity contribution in [2.75, 3.05) is 11.9 Å². The number of aryl methyl sites for hydroxylation is 2. The first-order valence-electron chi connectivity index (χ1n) is 10.8. The Kier molecular flexibility index (Phi) is 6.94. The van der Waals surface area contributed by atoms with Crippen molar-refractivity contribution in [3.8, 4) is 5.69 Å². The molecule has 2 aromatic heterocycles. The molecule has 0 bridgehead atoms. The third-order valence-electron chi connectivity index (χ3n) is 5.10. The molecule has 0 aliphatic heterocycles. The summed E-state index contributed by atoms with van der Waals surface area (Å²) in [6.45, 7) is 3.31. The number of rotatable bonds is 9. The zero-order chi connectivity index (χ0) is 23.0. The Bertz CT molecular complexity index is 1230. The van der Waals surface area contributed by atoms with Crippen LogP contribution < -0.4 is 10.6 Å². The number of carbonyl (C=O) groups excluding carboxylic acids is 2.